The van der Waals surface area contributed by atoms with E-state index in [0.717, 1.165) is 19.0 Å². The molecule has 0 heterocycles. The second-order valence-corrected chi connectivity index (χ2v) is 5.12. The van der Waals surface area contributed by atoms with E-state index in [4.69, 9.17) is 5.73 Å². The predicted molar refractivity (Wildman–Crippen MR) is 71.6 cm³/mol. The van der Waals surface area contributed by atoms with Crippen LogP contribution in [0.1, 0.15) is 31.4 Å². The molecule has 0 amide bonds. The minimum Gasteiger partial charge on any atom is -0.399 e. The standard InChI is InChI=1S/C14H21F3N2/c1-4-10(2)8-19(3)9-11-5-6-12(18)7-13(11)14(15,16)17/h5-7,10H,4,8-9,18H2,1-3H3. The average Bonchev–Trinajstić information content (AvgIpc) is 2.29. The summed E-state index contributed by atoms with van der Waals surface area (Å²) in [6, 6.07) is 3.99. The zero-order chi connectivity index (χ0) is 14.6. The van der Waals surface area contributed by atoms with Crippen molar-refractivity contribution < 1.29 is 13.2 Å². The van der Waals surface area contributed by atoms with Gasteiger partial charge in [-0.3, -0.25) is 0 Å². The molecule has 0 radical (unpaired) electrons. The fourth-order valence-corrected chi connectivity index (χ4v) is 2.01. The van der Waals surface area contributed by atoms with Crippen LogP contribution >= 0.6 is 0 Å². The van der Waals surface area contributed by atoms with Gasteiger partial charge in [0.1, 0.15) is 0 Å². The quantitative estimate of drug-likeness (QED) is 0.828. The van der Waals surface area contributed by atoms with Crippen molar-refractivity contribution in [3.05, 3.63) is 29.3 Å². The predicted octanol–water partition coefficient (Wildman–Crippen LogP) is 3.77. The second kappa shape index (κ2) is 6.28. The van der Waals surface area contributed by atoms with Crippen LogP contribution in [0.4, 0.5) is 18.9 Å². The summed E-state index contributed by atoms with van der Waals surface area (Å²) in [5.41, 5.74) is 5.22. The van der Waals surface area contributed by atoms with E-state index in [2.05, 4.69) is 13.8 Å². The van der Waals surface area contributed by atoms with Gasteiger partial charge in [0.2, 0.25) is 0 Å². The van der Waals surface area contributed by atoms with Gasteiger partial charge >= 0.3 is 6.18 Å². The fourth-order valence-electron chi connectivity index (χ4n) is 2.01. The Morgan fingerprint density at radius 1 is 1.32 bits per heavy atom. The van der Waals surface area contributed by atoms with E-state index < -0.39 is 11.7 Å². The van der Waals surface area contributed by atoms with Gasteiger partial charge in [-0.2, -0.15) is 13.2 Å². The first-order chi connectivity index (χ1) is 8.74. The van der Waals surface area contributed by atoms with Crippen LogP contribution in [0.3, 0.4) is 0 Å². The van der Waals surface area contributed by atoms with Gasteiger partial charge in [-0.1, -0.05) is 26.3 Å². The summed E-state index contributed by atoms with van der Waals surface area (Å²) in [7, 11) is 1.84. The Balaban J connectivity index is 2.89. The smallest absolute Gasteiger partial charge is 0.399 e. The van der Waals surface area contributed by atoms with Gasteiger partial charge in [-0.05, 0) is 30.7 Å². The van der Waals surface area contributed by atoms with Gasteiger partial charge in [0.25, 0.3) is 0 Å². The highest BCUT2D eigenvalue weighted by Gasteiger charge is 2.33. The third kappa shape index (κ3) is 4.74. The lowest BCUT2D eigenvalue weighted by atomic mass is 10.0. The van der Waals surface area contributed by atoms with Gasteiger partial charge in [-0.15, -0.1) is 0 Å². The number of rotatable bonds is 5. The zero-order valence-corrected chi connectivity index (χ0v) is 11.6. The Morgan fingerprint density at radius 3 is 2.47 bits per heavy atom. The van der Waals surface area contributed by atoms with E-state index in [0.29, 0.717) is 5.92 Å². The third-order valence-corrected chi connectivity index (χ3v) is 3.20. The molecule has 0 aliphatic rings. The lowest BCUT2D eigenvalue weighted by Gasteiger charge is -2.22. The molecule has 2 nitrogen and oxygen atoms in total. The van der Waals surface area contributed by atoms with Crippen molar-refractivity contribution in [1.82, 2.24) is 4.90 Å². The van der Waals surface area contributed by atoms with Crippen molar-refractivity contribution >= 4 is 5.69 Å². The van der Waals surface area contributed by atoms with Gasteiger partial charge in [-0.25, -0.2) is 0 Å². The van der Waals surface area contributed by atoms with E-state index in [-0.39, 0.29) is 17.8 Å². The summed E-state index contributed by atoms with van der Waals surface area (Å²) in [5, 5.41) is 0. The molecular weight excluding hydrogens is 253 g/mol. The highest BCUT2D eigenvalue weighted by molar-refractivity contribution is 5.46. The SMILES string of the molecule is CCC(C)CN(C)Cc1ccc(N)cc1C(F)(F)F. The lowest BCUT2D eigenvalue weighted by Crippen LogP contribution is -2.25. The van der Waals surface area contributed by atoms with Crippen LogP contribution < -0.4 is 5.73 Å². The number of nitrogen functional groups attached to an aromatic ring is 1. The molecule has 0 spiro atoms. The summed E-state index contributed by atoms with van der Waals surface area (Å²) >= 11 is 0. The lowest BCUT2D eigenvalue weighted by molar-refractivity contribution is -0.138. The maximum Gasteiger partial charge on any atom is 0.416 e. The molecule has 5 heteroatoms. The molecule has 2 N–H and O–H groups in total. The number of nitrogens with two attached hydrogens (primary N) is 1. The van der Waals surface area contributed by atoms with Crippen LogP contribution in [0.25, 0.3) is 0 Å². The number of hydrogen-bond donors (Lipinski definition) is 1. The van der Waals surface area contributed by atoms with Crippen LogP contribution in [-0.4, -0.2) is 18.5 Å². The first-order valence-corrected chi connectivity index (χ1v) is 6.38. The van der Waals surface area contributed by atoms with Crippen molar-refractivity contribution in [3.8, 4) is 0 Å². The number of benzene rings is 1. The van der Waals surface area contributed by atoms with Crippen molar-refractivity contribution in [2.24, 2.45) is 5.92 Å². The monoisotopic (exact) mass is 274 g/mol. The average molecular weight is 274 g/mol. The highest BCUT2D eigenvalue weighted by Crippen LogP contribution is 2.33. The Bertz CT molecular complexity index is 416. The largest absolute Gasteiger partial charge is 0.416 e. The minimum absolute atomic E-state index is 0.139. The first kappa shape index (κ1) is 15.8. The Hall–Kier alpha value is -1.23. The van der Waals surface area contributed by atoms with Crippen molar-refractivity contribution in [2.45, 2.75) is 33.0 Å². The second-order valence-electron chi connectivity index (χ2n) is 5.12. The summed E-state index contributed by atoms with van der Waals surface area (Å²) in [4.78, 5) is 1.91. The van der Waals surface area contributed by atoms with Crippen molar-refractivity contribution in [1.29, 1.82) is 0 Å². The number of alkyl halides is 3. The molecule has 1 rings (SSSR count). The summed E-state index contributed by atoms with van der Waals surface area (Å²) < 4.78 is 38.8. The Labute approximate surface area is 112 Å². The molecule has 1 atom stereocenters. The molecule has 19 heavy (non-hydrogen) atoms. The van der Waals surface area contributed by atoms with Crippen LogP contribution in [0.15, 0.2) is 18.2 Å². The maximum absolute atomic E-state index is 12.9. The normalized spacial score (nSPS) is 13.8. The molecule has 0 aliphatic heterocycles. The molecule has 1 unspecified atom stereocenters. The summed E-state index contributed by atoms with van der Waals surface area (Å²) in [5.74, 6) is 0.466. The first-order valence-electron chi connectivity index (χ1n) is 6.38. The third-order valence-electron chi connectivity index (χ3n) is 3.20. The molecule has 0 fully saturated rings. The van der Waals surface area contributed by atoms with Gasteiger partial charge in [0, 0.05) is 18.8 Å². The number of anilines is 1. The molecular formula is C14H21F3N2. The molecule has 1 aromatic rings. The van der Waals surface area contributed by atoms with E-state index in [1.807, 2.05) is 11.9 Å². The van der Waals surface area contributed by atoms with Crippen LogP contribution in [0.2, 0.25) is 0 Å². The molecule has 1 aromatic carbocycles. The van der Waals surface area contributed by atoms with Gasteiger partial charge < -0.3 is 10.6 Å². The topological polar surface area (TPSA) is 29.3 Å². The van der Waals surface area contributed by atoms with E-state index in [1.54, 1.807) is 0 Å². The van der Waals surface area contributed by atoms with Crippen molar-refractivity contribution in [2.75, 3.05) is 19.3 Å². The highest BCUT2D eigenvalue weighted by atomic mass is 19.4. The van der Waals surface area contributed by atoms with Crippen LogP contribution in [0.5, 0.6) is 0 Å². The van der Waals surface area contributed by atoms with Crippen LogP contribution in [-0.2, 0) is 12.7 Å². The minimum atomic E-state index is -4.36. The fraction of sp³-hybridized carbons (Fsp3) is 0.571. The summed E-state index contributed by atoms with van der Waals surface area (Å²) in [6.07, 6.45) is -3.35. The number of nitrogens with zero attached hydrogens (tertiary/aromatic N) is 1. The molecule has 0 bridgehead atoms. The zero-order valence-electron chi connectivity index (χ0n) is 11.6. The molecule has 0 aromatic heterocycles. The van der Waals surface area contributed by atoms with Crippen LogP contribution in [0, 0.1) is 5.92 Å². The van der Waals surface area contributed by atoms with Gasteiger partial charge in [0.05, 0.1) is 5.56 Å². The number of hydrogen-bond acceptors (Lipinski definition) is 2. The molecule has 0 aliphatic carbocycles. The van der Waals surface area contributed by atoms with E-state index in [9.17, 15) is 13.2 Å². The summed E-state index contributed by atoms with van der Waals surface area (Å²) in [6.45, 7) is 5.21. The molecule has 0 saturated carbocycles. The number of halogens is 3. The van der Waals surface area contributed by atoms with Crippen molar-refractivity contribution in [3.63, 3.8) is 0 Å². The van der Waals surface area contributed by atoms with Gasteiger partial charge in [0.15, 0.2) is 0 Å². The maximum atomic E-state index is 12.9. The molecule has 108 valence electrons. The Morgan fingerprint density at radius 2 is 1.95 bits per heavy atom. The van der Waals surface area contributed by atoms with E-state index in [1.165, 1.54) is 12.1 Å². The molecule has 0 saturated heterocycles. The van der Waals surface area contributed by atoms with E-state index >= 15 is 0 Å². The Kier molecular flexibility index (Phi) is 5.23.